The SMILES string of the molecule is CC(C)(C)[C-]=O.[CH2-]c1cccc(OC)c1.[O]=[Zn]. The molecule has 17 heavy (non-hydrogen) atoms. The van der Waals surface area contributed by atoms with Crippen LogP contribution in [0.2, 0.25) is 0 Å². The molecule has 0 atom stereocenters. The summed E-state index contributed by atoms with van der Waals surface area (Å²) in [5, 5.41) is 0. The van der Waals surface area contributed by atoms with Crippen LogP contribution < -0.4 is 4.74 Å². The van der Waals surface area contributed by atoms with Crippen LogP contribution in [0, 0.1) is 12.3 Å². The van der Waals surface area contributed by atoms with E-state index in [4.69, 9.17) is 8.31 Å². The zero-order valence-corrected chi connectivity index (χ0v) is 13.9. The van der Waals surface area contributed by atoms with E-state index < -0.39 is 0 Å². The molecule has 0 aromatic heterocycles. The van der Waals surface area contributed by atoms with E-state index in [0.717, 1.165) is 11.3 Å². The van der Waals surface area contributed by atoms with Crippen molar-refractivity contribution >= 4 is 6.29 Å². The Kier molecular flexibility index (Phi) is 11.0. The van der Waals surface area contributed by atoms with Gasteiger partial charge in [-0.25, -0.2) is 0 Å². The summed E-state index contributed by atoms with van der Waals surface area (Å²) in [5.74, 6) is 0.863. The van der Waals surface area contributed by atoms with E-state index in [-0.39, 0.29) is 23.7 Å². The van der Waals surface area contributed by atoms with Crippen LogP contribution in [0.25, 0.3) is 0 Å². The van der Waals surface area contributed by atoms with E-state index in [0.29, 0.717) is 0 Å². The summed E-state index contributed by atoms with van der Waals surface area (Å²) in [5.41, 5.74) is 0.717. The molecule has 0 aliphatic rings. The Labute approximate surface area is 114 Å². The number of benzene rings is 1. The van der Waals surface area contributed by atoms with E-state index in [2.05, 4.69) is 6.92 Å². The third-order valence-corrected chi connectivity index (χ3v) is 1.44. The number of ether oxygens (including phenoxy) is 1. The van der Waals surface area contributed by atoms with Crippen LogP contribution in [0.3, 0.4) is 0 Å². The Morgan fingerprint density at radius 2 is 1.76 bits per heavy atom. The molecule has 0 heterocycles. The van der Waals surface area contributed by atoms with E-state index >= 15 is 0 Å². The molecule has 92 valence electrons. The average molecular weight is 288 g/mol. The molecule has 0 unspecified atom stereocenters. The molecule has 1 rings (SSSR count). The van der Waals surface area contributed by atoms with Crippen molar-refractivity contribution in [2.75, 3.05) is 7.11 Å². The monoisotopic (exact) mass is 286 g/mol. The molecule has 0 radical (unpaired) electrons. The van der Waals surface area contributed by atoms with Gasteiger partial charge in [0.05, 0.1) is 12.9 Å². The molecule has 0 saturated carbocycles. The van der Waals surface area contributed by atoms with E-state index in [1.54, 1.807) is 7.11 Å². The molecular formula is C13H18O3Zn-2. The van der Waals surface area contributed by atoms with Crippen LogP contribution in [-0.4, -0.2) is 13.4 Å². The second kappa shape index (κ2) is 10.2. The van der Waals surface area contributed by atoms with Crippen LogP contribution in [0.4, 0.5) is 0 Å². The molecule has 0 N–H and O–H groups in total. The van der Waals surface area contributed by atoms with E-state index in [9.17, 15) is 4.79 Å². The maximum absolute atomic E-state index is 9.70. The van der Waals surface area contributed by atoms with Crippen molar-refractivity contribution in [3.63, 3.8) is 0 Å². The Morgan fingerprint density at radius 3 is 2.00 bits per heavy atom. The zero-order valence-electron chi connectivity index (χ0n) is 10.9. The van der Waals surface area contributed by atoms with Gasteiger partial charge < -0.3 is 9.53 Å². The first-order chi connectivity index (χ1) is 7.89. The maximum atomic E-state index is 9.70. The molecule has 0 saturated heterocycles. The fraction of sp³-hybridized carbons (Fsp3) is 0.385. The first-order valence-electron chi connectivity index (χ1n) is 5.03. The van der Waals surface area contributed by atoms with Gasteiger partial charge in [-0.05, 0) is 6.07 Å². The normalized spacial score (nSPS) is 9.06. The number of hydrogen-bond acceptors (Lipinski definition) is 3. The third-order valence-electron chi connectivity index (χ3n) is 1.44. The first kappa shape index (κ1) is 18.4. The molecule has 0 bridgehead atoms. The fourth-order valence-corrected chi connectivity index (χ4v) is 0.672. The van der Waals surface area contributed by atoms with Crippen molar-refractivity contribution < 1.29 is 31.4 Å². The van der Waals surface area contributed by atoms with Crippen LogP contribution in [0.5, 0.6) is 5.75 Å². The van der Waals surface area contributed by atoms with Gasteiger partial charge in [0.15, 0.2) is 0 Å². The van der Waals surface area contributed by atoms with Gasteiger partial charge in [-0.3, -0.25) is 6.29 Å². The topological polar surface area (TPSA) is 43.4 Å². The van der Waals surface area contributed by atoms with Gasteiger partial charge in [-0.15, -0.1) is 17.5 Å². The summed E-state index contributed by atoms with van der Waals surface area (Å²) >= 11 is 0.125. The van der Waals surface area contributed by atoms with Crippen LogP contribution >= 0.6 is 0 Å². The van der Waals surface area contributed by atoms with Crippen LogP contribution in [-0.2, 0) is 26.6 Å². The first-order valence-corrected chi connectivity index (χ1v) is 6.24. The Morgan fingerprint density at radius 1 is 1.29 bits per heavy atom. The molecule has 0 fully saturated rings. The quantitative estimate of drug-likeness (QED) is 0.589. The minimum absolute atomic E-state index is 0.125. The van der Waals surface area contributed by atoms with Crippen molar-refractivity contribution in [3.05, 3.63) is 36.8 Å². The minimum atomic E-state index is -0.264. The van der Waals surface area contributed by atoms with Gasteiger partial charge in [0.2, 0.25) is 0 Å². The summed E-state index contributed by atoms with van der Waals surface area (Å²) in [7, 11) is 1.65. The fourth-order valence-electron chi connectivity index (χ4n) is 0.672. The van der Waals surface area contributed by atoms with Gasteiger partial charge >= 0.3 is 21.8 Å². The third kappa shape index (κ3) is 12.9. The van der Waals surface area contributed by atoms with Gasteiger partial charge in [-0.1, -0.05) is 20.8 Å². The molecule has 0 spiro atoms. The van der Waals surface area contributed by atoms with Crippen molar-refractivity contribution in [1.82, 2.24) is 0 Å². The molecule has 0 aliphatic heterocycles. The van der Waals surface area contributed by atoms with E-state index in [1.807, 2.05) is 51.3 Å². The van der Waals surface area contributed by atoms with E-state index in [1.165, 1.54) is 0 Å². The number of methoxy groups -OCH3 is 1. The van der Waals surface area contributed by atoms with Crippen LogP contribution in [0.1, 0.15) is 26.3 Å². The number of hydrogen-bond donors (Lipinski definition) is 0. The Bertz CT molecular complexity index is 319. The molecular weight excluding hydrogens is 270 g/mol. The van der Waals surface area contributed by atoms with Gasteiger partial charge in [-0.2, -0.15) is 18.6 Å². The summed E-state index contributed by atoms with van der Waals surface area (Å²) in [4.78, 5) is 9.70. The number of carbonyl (C=O) groups excluding carboxylic acids is 1. The van der Waals surface area contributed by atoms with Crippen molar-refractivity contribution in [2.45, 2.75) is 20.8 Å². The molecule has 0 aliphatic carbocycles. The standard InChI is InChI=1S/C8H9O.C5H9O.O.Zn/c1-7-4-3-5-8(6-7)9-2;1-5(2,3)4-6;;/h3-6H,1H2,2H3;1-3H3;;/q2*-1;;. The van der Waals surface area contributed by atoms with Crippen molar-refractivity contribution in [2.24, 2.45) is 5.41 Å². The predicted octanol–water partition coefficient (Wildman–Crippen LogP) is 2.90. The molecule has 4 heteroatoms. The van der Waals surface area contributed by atoms with Gasteiger partial charge in [0, 0.05) is 0 Å². The molecule has 1 aromatic carbocycles. The predicted molar refractivity (Wildman–Crippen MR) is 63.3 cm³/mol. The second-order valence-electron chi connectivity index (χ2n) is 4.20. The molecule has 3 nitrogen and oxygen atoms in total. The Hall–Kier alpha value is -1.02. The van der Waals surface area contributed by atoms with Crippen molar-refractivity contribution in [3.8, 4) is 5.75 Å². The van der Waals surface area contributed by atoms with Gasteiger partial charge in [0.25, 0.3) is 0 Å². The van der Waals surface area contributed by atoms with Crippen LogP contribution in [0.15, 0.2) is 24.3 Å². The van der Waals surface area contributed by atoms with Crippen molar-refractivity contribution in [1.29, 1.82) is 0 Å². The zero-order chi connectivity index (χ0) is 13.9. The number of rotatable bonds is 1. The summed E-state index contributed by atoms with van der Waals surface area (Å²) in [6.45, 7) is 9.21. The summed E-state index contributed by atoms with van der Waals surface area (Å²) in [6.07, 6.45) is 1.85. The summed E-state index contributed by atoms with van der Waals surface area (Å²) < 4.78 is 13.3. The Balaban J connectivity index is 0. The summed E-state index contributed by atoms with van der Waals surface area (Å²) in [6, 6.07) is 7.64. The average Bonchev–Trinajstić information content (AvgIpc) is 2.31. The second-order valence-corrected chi connectivity index (χ2v) is 4.20. The molecule has 1 aromatic rings. The van der Waals surface area contributed by atoms with Gasteiger partial charge in [0.1, 0.15) is 0 Å². The molecule has 0 amide bonds.